The molecule has 17 heavy (non-hydrogen) atoms. The summed E-state index contributed by atoms with van der Waals surface area (Å²) in [6, 6.07) is 0. The second-order valence-corrected chi connectivity index (χ2v) is 5.16. The van der Waals surface area contributed by atoms with Crippen molar-refractivity contribution < 1.29 is 19.4 Å². The number of carbonyl (C=O) groups is 2. The van der Waals surface area contributed by atoms with Crippen molar-refractivity contribution in [3.63, 3.8) is 0 Å². The van der Waals surface area contributed by atoms with E-state index in [-0.39, 0.29) is 30.5 Å². The number of fused-ring (bicyclic) bond motifs is 2. The molecule has 5 heteroatoms. The number of carbonyl (C=O) groups excluding carboxylic acids is 1. The Hall–Kier alpha value is -1.10. The van der Waals surface area contributed by atoms with Crippen molar-refractivity contribution in [2.75, 3.05) is 13.1 Å². The minimum Gasteiger partial charge on any atom is -0.481 e. The van der Waals surface area contributed by atoms with Gasteiger partial charge in [0, 0.05) is 25.9 Å². The Morgan fingerprint density at radius 3 is 2.41 bits per heavy atom. The summed E-state index contributed by atoms with van der Waals surface area (Å²) < 4.78 is 5.66. The zero-order valence-corrected chi connectivity index (χ0v) is 10.1. The van der Waals surface area contributed by atoms with E-state index in [2.05, 4.69) is 0 Å². The minimum atomic E-state index is -0.840. The summed E-state index contributed by atoms with van der Waals surface area (Å²) in [7, 11) is 0. The van der Waals surface area contributed by atoms with E-state index in [1.54, 1.807) is 6.92 Å². The van der Waals surface area contributed by atoms with E-state index in [0.29, 0.717) is 19.5 Å². The van der Waals surface area contributed by atoms with Crippen LogP contribution in [0.3, 0.4) is 0 Å². The molecule has 0 aromatic heterocycles. The molecular weight excluding hydrogens is 222 g/mol. The first-order chi connectivity index (χ1) is 8.04. The molecule has 0 aliphatic carbocycles. The first kappa shape index (κ1) is 12.4. The van der Waals surface area contributed by atoms with Crippen LogP contribution in [0, 0.1) is 5.92 Å². The number of nitrogens with zero attached hydrogens (tertiary/aromatic N) is 1. The molecule has 2 bridgehead atoms. The molecule has 0 radical (unpaired) electrons. The van der Waals surface area contributed by atoms with Gasteiger partial charge in [-0.1, -0.05) is 6.92 Å². The Morgan fingerprint density at radius 2 is 1.88 bits per heavy atom. The summed E-state index contributed by atoms with van der Waals surface area (Å²) in [6.07, 6.45) is 2.87. The average Bonchev–Trinajstić information content (AvgIpc) is 2.56. The molecule has 2 aliphatic rings. The fraction of sp³-hybridized carbons (Fsp3) is 0.833. The number of hydrogen-bond donors (Lipinski definition) is 1. The van der Waals surface area contributed by atoms with Gasteiger partial charge in [0.1, 0.15) is 0 Å². The first-order valence-electron chi connectivity index (χ1n) is 6.19. The Labute approximate surface area is 101 Å². The number of amides is 1. The van der Waals surface area contributed by atoms with E-state index in [1.165, 1.54) is 0 Å². The summed E-state index contributed by atoms with van der Waals surface area (Å²) in [5, 5.41) is 8.66. The highest BCUT2D eigenvalue weighted by molar-refractivity contribution is 5.77. The van der Waals surface area contributed by atoms with Crippen LogP contribution >= 0.6 is 0 Å². The van der Waals surface area contributed by atoms with E-state index in [0.717, 1.165) is 12.8 Å². The van der Waals surface area contributed by atoms with E-state index in [9.17, 15) is 9.59 Å². The lowest BCUT2D eigenvalue weighted by Crippen LogP contribution is -2.46. The van der Waals surface area contributed by atoms with Gasteiger partial charge in [0.05, 0.1) is 12.2 Å². The van der Waals surface area contributed by atoms with Gasteiger partial charge in [-0.3, -0.25) is 9.59 Å². The zero-order chi connectivity index (χ0) is 12.4. The molecule has 0 aromatic rings. The van der Waals surface area contributed by atoms with E-state index >= 15 is 0 Å². The molecule has 2 saturated heterocycles. The maximum Gasteiger partial charge on any atom is 0.303 e. The van der Waals surface area contributed by atoms with Crippen molar-refractivity contribution in [2.45, 2.75) is 44.8 Å². The fourth-order valence-corrected chi connectivity index (χ4v) is 2.62. The van der Waals surface area contributed by atoms with Gasteiger partial charge in [0.25, 0.3) is 0 Å². The maximum atomic E-state index is 12.0. The van der Waals surface area contributed by atoms with Crippen LogP contribution in [0.25, 0.3) is 0 Å². The van der Waals surface area contributed by atoms with Crippen LogP contribution in [0.1, 0.15) is 32.6 Å². The van der Waals surface area contributed by atoms with Crippen LogP contribution in [-0.2, 0) is 14.3 Å². The van der Waals surface area contributed by atoms with E-state index < -0.39 is 5.97 Å². The largest absolute Gasteiger partial charge is 0.481 e. The third-order valence-corrected chi connectivity index (χ3v) is 3.44. The van der Waals surface area contributed by atoms with Crippen LogP contribution < -0.4 is 0 Å². The number of ether oxygens (including phenoxy) is 1. The van der Waals surface area contributed by atoms with Gasteiger partial charge in [-0.15, -0.1) is 0 Å². The highest BCUT2D eigenvalue weighted by Gasteiger charge is 2.35. The Morgan fingerprint density at radius 1 is 1.29 bits per heavy atom. The third-order valence-electron chi connectivity index (χ3n) is 3.44. The van der Waals surface area contributed by atoms with Crippen LogP contribution in [0.5, 0.6) is 0 Å². The Kier molecular flexibility index (Phi) is 3.66. The fourth-order valence-electron chi connectivity index (χ4n) is 2.62. The molecule has 3 unspecified atom stereocenters. The number of likely N-dealkylation sites (tertiary alicyclic amines) is 1. The van der Waals surface area contributed by atoms with Gasteiger partial charge in [0.15, 0.2) is 0 Å². The number of aliphatic carboxylic acids is 1. The Balaban J connectivity index is 1.81. The summed E-state index contributed by atoms with van der Waals surface area (Å²) in [5.74, 6) is -0.869. The molecule has 2 fully saturated rings. The second kappa shape index (κ2) is 5.04. The van der Waals surface area contributed by atoms with Crippen molar-refractivity contribution in [2.24, 2.45) is 5.92 Å². The van der Waals surface area contributed by atoms with Crippen molar-refractivity contribution in [1.82, 2.24) is 4.90 Å². The van der Waals surface area contributed by atoms with Crippen molar-refractivity contribution in [3.8, 4) is 0 Å². The maximum absolute atomic E-state index is 12.0. The number of morpholine rings is 1. The van der Waals surface area contributed by atoms with Gasteiger partial charge in [-0.25, -0.2) is 0 Å². The molecule has 0 saturated carbocycles. The van der Waals surface area contributed by atoms with Crippen LogP contribution in [0.2, 0.25) is 0 Å². The smallest absolute Gasteiger partial charge is 0.303 e. The summed E-state index contributed by atoms with van der Waals surface area (Å²) in [4.78, 5) is 24.4. The van der Waals surface area contributed by atoms with Crippen molar-refractivity contribution in [3.05, 3.63) is 0 Å². The molecule has 0 aromatic carbocycles. The predicted molar refractivity (Wildman–Crippen MR) is 60.5 cm³/mol. The quantitative estimate of drug-likeness (QED) is 0.793. The van der Waals surface area contributed by atoms with Gasteiger partial charge >= 0.3 is 5.97 Å². The lowest BCUT2D eigenvalue weighted by Gasteiger charge is -2.32. The molecule has 96 valence electrons. The topological polar surface area (TPSA) is 66.8 Å². The molecule has 1 N–H and O–H groups in total. The zero-order valence-electron chi connectivity index (χ0n) is 10.1. The molecule has 2 rings (SSSR count). The van der Waals surface area contributed by atoms with Gasteiger partial charge in [0.2, 0.25) is 5.91 Å². The third kappa shape index (κ3) is 3.19. The highest BCUT2D eigenvalue weighted by atomic mass is 16.5. The lowest BCUT2D eigenvalue weighted by atomic mass is 10.0. The highest BCUT2D eigenvalue weighted by Crippen LogP contribution is 2.27. The van der Waals surface area contributed by atoms with Gasteiger partial charge < -0.3 is 14.7 Å². The molecule has 3 atom stereocenters. The summed E-state index contributed by atoms with van der Waals surface area (Å²) in [6.45, 7) is 3.16. The van der Waals surface area contributed by atoms with Crippen LogP contribution in [-0.4, -0.2) is 47.2 Å². The van der Waals surface area contributed by atoms with Gasteiger partial charge in [-0.05, 0) is 18.8 Å². The van der Waals surface area contributed by atoms with Crippen molar-refractivity contribution in [1.29, 1.82) is 0 Å². The lowest BCUT2D eigenvalue weighted by molar-refractivity contribution is -0.142. The van der Waals surface area contributed by atoms with E-state index in [4.69, 9.17) is 9.84 Å². The SMILES string of the molecule is CC(CC(=O)O)CC(=O)N1CC2CCC(C1)O2. The standard InChI is InChI=1S/C12H19NO4/c1-8(5-12(15)16)4-11(14)13-6-9-2-3-10(7-13)17-9/h8-10H,2-7H2,1H3,(H,15,16). The minimum absolute atomic E-state index is 0.0585. The van der Waals surface area contributed by atoms with Crippen molar-refractivity contribution >= 4 is 11.9 Å². The number of hydrogen-bond acceptors (Lipinski definition) is 3. The first-order valence-corrected chi connectivity index (χ1v) is 6.19. The summed E-state index contributed by atoms with van der Waals surface area (Å²) >= 11 is 0. The molecule has 1 amide bonds. The molecule has 2 heterocycles. The molecule has 5 nitrogen and oxygen atoms in total. The van der Waals surface area contributed by atoms with E-state index in [1.807, 2.05) is 4.90 Å². The molecule has 2 aliphatic heterocycles. The normalized spacial score (nSPS) is 29.1. The van der Waals surface area contributed by atoms with Crippen LogP contribution in [0.4, 0.5) is 0 Å². The molecular formula is C12H19NO4. The number of carboxylic acid groups (broad SMARTS) is 1. The number of carboxylic acids is 1. The molecule has 0 spiro atoms. The predicted octanol–water partition coefficient (Wildman–Crippen LogP) is 0.877. The van der Waals surface area contributed by atoms with Gasteiger partial charge in [-0.2, -0.15) is 0 Å². The summed E-state index contributed by atoms with van der Waals surface area (Å²) in [5.41, 5.74) is 0. The van der Waals surface area contributed by atoms with Crippen LogP contribution in [0.15, 0.2) is 0 Å². The monoisotopic (exact) mass is 241 g/mol. The average molecular weight is 241 g/mol. The number of rotatable bonds is 4. The Bertz CT molecular complexity index is 306. The second-order valence-electron chi connectivity index (χ2n) is 5.16.